The van der Waals surface area contributed by atoms with E-state index in [-0.39, 0.29) is 0 Å². The van der Waals surface area contributed by atoms with Crippen molar-refractivity contribution in [2.75, 3.05) is 26.8 Å². The van der Waals surface area contributed by atoms with Crippen LogP contribution in [0.3, 0.4) is 0 Å². The highest BCUT2D eigenvalue weighted by molar-refractivity contribution is 5.79. The Morgan fingerprint density at radius 1 is 1.50 bits per heavy atom. The molecule has 0 aliphatic carbocycles. The molecule has 0 radical (unpaired) electrons. The Morgan fingerprint density at radius 2 is 2.19 bits per heavy atom. The minimum Gasteiger partial charge on any atom is -0.385 e. The van der Waals surface area contributed by atoms with Crippen molar-refractivity contribution >= 4 is 5.96 Å². The predicted molar refractivity (Wildman–Crippen MR) is 68.3 cm³/mol. The van der Waals surface area contributed by atoms with E-state index in [1.165, 1.54) is 0 Å². The molecule has 0 rings (SSSR count). The van der Waals surface area contributed by atoms with Crippen LogP contribution in [0.25, 0.3) is 0 Å². The molecule has 0 aromatic heterocycles. The molecule has 0 heterocycles. The summed E-state index contributed by atoms with van der Waals surface area (Å²) >= 11 is 0. The molecule has 0 aliphatic heterocycles. The SMILES string of the molecule is CCC(C)N(CC)C(=NCCCOC)NN. The van der Waals surface area contributed by atoms with E-state index >= 15 is 0 Å². The molecule has 0 saturated heterocycles. The monoisotopic (exact) mass is 230 g/mol. The summed E-state index contributed by atoms with van der Waals surface area (Å²) in [7, 11) is 1.70. The van der Waals surface area contributed by atoms with Gasteiger partial charge in [0.2, 0.25) is 5.96 Å². The highest BCUT2D eigenvalue weighted by Gasteiger charge is 2.13. The van der Waals surface area contributed by atoms with Gasteiger partial charge >= 0.3 is 0 Å². The molecule has 1 unspecified atom stereocenters. The van der Waals surface area contributed by atoms with E-state index in [4.69, 9.17) is 10.6 Å². The van der Waals surface area contributed by atoms with Crippen molar-refractivity contribution < 1.29 is 4.74 Å². The molecule has 5 heteroatoms. The minimum atomic E-state index is 0.447. The number of nitrogens with two attached hydrogens (primary N) is 1. The zero-order valence-electron chi connectivity index (χ0n) is 11.0. The van der Waals surface area contributed by atoms with Gasteiger partial charge in [0.05, 0.1) is 0 Å². The highest BCUT2D eigenvalue weighted by atomic mass is 16.5. The smallest absolute Gasteiger partial charge is 0.208 e. The molecule has 0 aliphatic rings. The van der Waals surface area contributed by atoms with Gasteiger partial charge in [-0.05, 0) is 26.7 Å². The fourth-order valence-corrected chi connectivity index (χ4v) is 1.50. The summed E-state index contributed by atoms with van der Waals surface area (Å²) in [6.45, 7) is 8.81. The highest BCUT2D eigenvalue weighted by Crippen LogP contribution is 2.03. The molecule has 1 atom stereocenters. The summed E-state index contributed by atoms with van der Waals surface area (Å²) in [5.41, 5.74) is 2.68. The van der Waals surface area contributed by atoms with E-state index < -0.39 is 0 Å². The summed E-state index contributed by atoms with van der Waals surface area (Å²) in [4.78, 5) is 6.62. The first-order valence-electron chi connectivity index (χ1n) is 5.97. The van der Waals surface area contributed by atoms with Gasteiger partial charge < -0.3 is 9.64 Å². The number of nitrogens with one attached hydrogen (secondary N) is 1. The van der Waals surface area contributed by atoms with E-state index in [0.717, 1.165) is 38.5 Å². The molecular weight excluding hydrogens is 204 g/mol. The summed E-state index contributed by atoms with van der Waals surface area (Å²) in [5.74, 6) is 6.27. The number of methoxy groups -OCH3 is 1. The fourth-order valence-electron chi connectivity index (χ4n) is 1.50. The van der Waals surface area contributed by atoms with Gasteiger partial charge in [0.1, 0.15) is 0 Å². The molecule has 0 fully saturated rings. The van der Waals surface area contributed by atoms with Crippen molar-refractivity contribution in [3.05, 3.63) is 0 Å². The van der Waals surface area contributed by atoms with Crippen molar-refractivity contribution in [3.8, 4) is 0 Å². The largest absolute Gasteiger partial charge is 0.385 e. The fraction of sp³-hybridized carbons (Fsp3) is 0.909. The molecule has 16 heavy (non-hydrogen) atoms. The maximum absolute atomic E-state index is 5.50. The first-order chi connectivity index (χ1) is 7.71. The van der Waals surface area contributed by atoms with Crippen LogP contribution in [0, 0.1) is 0 Å². The third-order valence-electron chi connectivity index (χ3n) is 2.63. The number of hydrazine groups is 1. The molecule has 96 valence electrons. The molecular formula is C11H26N4O. The van der Waals surface area contributed by atoms with Crippen LogP contribution in [0.4, 0.5) is 0 Å². The Labute approximate surface area is 99.0 Å². The average molecular weight is 230 g/mol. The van der Waals surface area contributed by atoms with Gasteiger partial charge in [-0.25, -0.2) is 5.84 Å². The number of nitrogens with zero attached hydrogens (tertiary/aromatic N) is 2. The lowest BCUT2D eigenvalue weighted by atomic mass is 10.2. The zero-order chi connectivity index (χ0) is 12.4. The molecule has 5 nitrogen and oxygen atoms in total. The second kappa shape index (κ2) is 9.42. The Hall–Kier alpha value is -0.810. The number of guanidine groups is 1. The molecule has 0 aromatic carbocycles. The molecule has 3 N–H and O–H groups in total. The van der Waals surface area contributed by atoms with Gasteiger partial charge in [0.25, 0.3) is 0 Å². The van der Waals surface area contributed by atoms with Crippen molar-refractivity contribution in [2.45, 2.75) is 39.7 Å². The number of aliphatic imine (C=N–C) groups is 1. The van der Waals surface area contributed by atoms with Gasteiger partial charge in [-0.3, -0.25) is 10.4 Å². The van der Waals surface area contributed by atoms with Crippen molar-refractivity contribution in [1.29, 1.82) is 0 Å². The number of hydrogen-bond donors (Lipinski definition) is 2. The second-order valence-corrected chi connectivity index (χ2v) is 3.74. The number of hydrogen-bond acceptors (Lipinski definition) is 3. The van der Waals surface area contributed by atoms with Gasteiger partial charge in [0, 0.05) is 32.8 Å². The Morgan fingerprint density at radius 3 is 2.62 bits per heavy atom. The number of rotatable bonds is 7. The lowest BCUT2D eigenvalue weighted by Gasteiger charge is -2.29. The number of ether oxygens (including phenoxy) is 1. The van der Waals surface area contributed by atoms with Crippen LogP contribution in [0.5, 0.6) is 0 Å². The lowest BCUT2D eigenvalue weighted by molar-refractivity contribution is 0.196. The van der Waals surface area contributed by atoms with Crippen molar-refractivity contribution in [2.24, 2.45) is 10.8 Å². The Kier molecular flexibility index (Phi) is 8.94. The van der Waals surface area contributed by atoms with Crippen LogP contribution in [-0.2, 0) is 4.74 Å². The Bertz CT molecular complexity index is 196. The van der Waals surface area contributed by atoms with Crippen LogP contribution in [0.1, 0.15) is 33.6 Å². The average Bonchev–Trinajstić information content (AvgIpc) is 2.32. The summed E-state index contributed by atoms with van der Waals surface area (Å²) < 4.78 is 4.98. The Balaban J connectivity index is 4.30. The lowest BCUT2D eigenvalue weighted by Crippen LogP contribution is -2.48. The van der Waals surface area contributed by atoms with E-state index in [2.05, 4.69) is 36.1 Å². The van der Waals surface area contributed by atoms with Crippen LogP contribution in [0.15, 0.2) is 4.99 Å². The predicted octanol–water partition coefficient (Wildman–Crippen LogP) is 0.963. The van der Waals surface area contributed by atoms with E-state index in [1.807, 2.05) is 0 Å². The van der Waals surface area contributed by atoms with Gasteiger partial charge in [0.15, 0.2) is 0 Å². The molecule has 0 saturated carbocycles. The first kappa shape index (κ1) is 15.2. The van der Waals surface area contributed by atoms with E-state index in [0.29, 0.717) is 6.04 Å². The van der Waals surface area contributed by atoms with Gasteiger partial charge in [-0.1, -0.05) is 6.92 Å². The van der Waals surface area contributed by atoms with E-state index in [1.54, 1.807) is 7.11 Å². The van der Waals surface area contributed by atoms with E-state index in [9.17, 15) is 0 Å². The molecule has 0 bridgehead atoms. The zero-order valence-corrected chi connectivity index (χ0v) is 11.0. The van der Waals surface area contributed by atoms with Gasteiger partial charge in [-0.15, -0.1) is 0 Å². The summed E-state index contributed by atoms with van der Waals surface area (Å²) in [5, 5.41) is 0. The third kappa shape index (κ3) is 5.32. The maximum atomic E-state index is 5.50. The second-order valence-electron chi connectivity index (χ2n) is 3.74. The van der Waals surface area contributed by atoms with Crippen LogP contribution in [-0.4, -0.2) is 43.7 Å². The third-order valence-corrected chi connectivity index (χ3v) is 2.63. The molecule has 0 aromatic rings. The van der Waals surface area contributed by atoms with Crippen molar-refractivity contribution in [1.82, 2.24) is 10.3 Å². The molecule has 0 spiro atoms. The first-order valence-corrected chi connectivity index (χ1v) is 5.97. The normalized spacial score (nSPS) is 13.7. The van der Waals surface area contributed by atoms with Gasteiger partial charge in [-0.2, -0.15) is 0 Å². The quantitative estimate of drug-likeness (QED) is 0.225. The maximum Gasteiger partial charge on any atom is 0.208 e. The molecule has 0 amide bonds. The standard InChI is InChI=1S/C11H26N4O/c1-5-10(3)15(6-2)11(14-12)13-8-7-9-16-4/h10H,5-9,12H2,1-4H3,(H,13,14). The minimum absolute atomic E-state index is 0.447. The topological polar surface area (TPSA) is 62.9 Å². The van der Waals surface area contributed by atoms with Crippen LogP contribution < -0.4 is 11.3 Å². The summed E-state index contributed by atoms with van der Waals surface area (Å²) in [6.07, 6.45) is 1.99. The van der Waals surface area contributed by atoms with Crippen LogP contribution >= 0.6 is 0 Å². The summed E-state index contributed by atoms with van der Waals surface area (Å²) in [6, 6.07) is 0.447. The van der Waals surface area contributed by atoms with Crippen LogP contribution in [0.2, 0.25) is 0 Å². The van der Waals surface area contributed by atoms with Crippen molar-refractivity contribution in [3.63, 3.8) is 0 Å².